The molecule has 0 heterocycles. The van der Waals surface area contributed by atoms with Crippen molar-refractivity contribution in [2.45, 2.75) is 20.4 Å². The van der Waals surface area contributed by atoms with Crippen LogP contribution in [-0.4, -0.2) is 38.1 Å². The fourth-order valence-corrected chi connectivity index (χ4v) is 1.78. The van der Waals surface area contributed by atoms with E-state index in [0.29, 0.717) is 0 Å². The fraction of sp³-hybridized carbons (Fsp3) is 0.500. The lowest BCUT2D eigenvalue weighted by atomic mass is 10.2. The third-order valence-corrected chi connectivity index (χ3v) is 2.60. The summed E-state index contributed by atoms with van der Waals surface area (Å²) in [5.74, 6) is 1.84. The second-order valence-electron chi connectivity index (χ2n) is 4.00. The van der Waals surface area contributed by atoms with Gasteiger partial charge in [-0.2, -0.15) is 0 Å². The first-order valence-corrected chi connectivity index (χ1v) is 6.34. The van der Waals surface area contributed by atoms with Gasteiger partial charge in [0.15, 0.2) is 5.96 Å². The second-order valence-corrected chi connectivity index (χ2v) is 4.00. The van der Waals surface area contributed by atoms with Gasteiger partial charge in [-0.25, -0.2) is 0 Å². The highest BCUT2D eigenvalue weighted by atomic mass is 127. The monoisotopic (exact) mass is 377 g/mol. The number of rotatable bonds is 5. The lowest BCUT2D eigenvalue weighted by Gasteiger charge is -2.22. The van der Waals surface area contributed by atoms with Crippen molar-refractivity contribution in [3.8, 4) is 5.75 Å². The van der Waals surface area contributed by atoms with E-state index in [1.807, 2.05) is 32.2 Å². The molecule has 0 spiro atoms. The number of nitrogens with one attached hydrogen (secondary N) is 1. The molecule has 0 amide bonds. The number of guanidine groups is 1. The van der Waals surface area contributed by atoms with Gasteiger partial charge in [0.25, 0.3) is 0 Å². The SMILES string of the molecule is CCN=C(NCC)N(C)Cc1ccccc1OC.I. The molecule has 0 fully saturated rings. The van der Waals surface area contributed by atoms with E-state index >= 15 is 0 Å². The number of methoxy groups -OCH3 is 1. The molecule has 1 N–H and O–H groups in total. The standard InChI is InChI=1S/C14H23N3O.HI/c1-5-15-14(16-6-2)17(3)11-12-9-7-8-10-13(12)18-4;/h7-10H,5-6,11H2,1-4H3,(H,15,16);1H. The van der Waals surface area contributed by atoms with Crippen molar-refractivity contribution in [2.75, 3.05) is 27.2 Å². The number of para-hydroxylation sites is 1. The number of ether oxygens (including phenoxy) is 1. The highest BCUT2D eigenvalue weighted by molar-refractivity contribution is 14.0. The molecule has 19 heavy (non-hydrogen) atoms. The fourth-order valence-electron chi connectivity index (χ4n) is 1.78. The van der Waals surface area contributed by atoms with Crippen molar-refractivity contribution in [1.82, 2.24) is 10.2 Å². The van der Waals surface area contributed by atoms with E-state index in [1.165, 1.54) is 0 Å². The van der Waals surface area contributed by atoms with Crippen LogP contribution in [0.25, 0.3) is 0 Å². The number of nitrogens with zero attached hydrogens (tertiary/aromatic N) is 2. The molecule has 4 nitrogen and oxygen atoms in total. The van der Waals surface area contributed by atoms with Crippen molar-refractivity contribution in [2.24, 2.45) is 4.99 Å². The van der Waals surface area contributed by atoms with Crippen LogP contribution in [-0.2, 0) is 6.54 Å². The Morgan fingerprint density at radius 2 is 2.00 bits per heavy atom. The smallest absolute Gasteiger partial charge is 0.193 e. The lowest BCUT2D eigenvalue weighted by Crippen LogP contribution is -2.38. The Hall–Kier alpha value is -0.980. The van der Waals surface area contributed by atoms with Crippen LogP contribution in [0.2, 0.25) is 0 Å². The molecule has 0 saturated carbocycles. The van der Waals surface area contributed by atoms with Gasteiger partial charge in [0, 0.05) is 32.2 Å². The maximum atomic E-state index is 5.36. The van der Waals surface area contributed by atoms with Crippen LogP contribution in [0.1, 0.15) is 19.4 Å². The van der Waals surface area contributed by atoms with E-state index in [0.717, 1.165) is 36.9 Å². The summed E-state index contributed by atoms with van der Waals surface area (Å²) in [6.07, 6.45) is 0. The molecule has 0 bridgehead atoms. The predicted molar refractivity (Wildman–Crippen MR) is 91.5 cm³/mol. The van der Waals surface area contributed by atoms with Crippen LogP contribution in [0.5, 0.6) is 5.75 Å². The summed E-state index contributed by atoms with van der Waals surface area (Å²) in [6, 6.07) is 8.06. The second kappa shape index (κ2) is 9.89. The van der Waals surface area contributed by atoms with Gasteiger partial charge < -0.3 is 15.0 Å². The lowest BCUT2D eigenvalue weighted by molar-refractivity contribution is 0.396. The Balaban J connectivity index is 0.00000324. The van der Waals surface area contributed by atoms with Crippen LogP contribution in [0.4, 0.5) is 0 Å². The average Bonchev–Trinajstić information content (AvgIpc) is 2.39. The molecule has 0 saturated heterocycles. The van der Waals surface area contributed by atoms with Gasteiger partial charge in [0.05, 0.1) is 7.11 Å². The molecule has 0 aliphatic rings. The molecule has 0 aromatic heterocycles. The summed E-state index contributed by atoms with van der Waals surface area (Å²) < 4.78 is 5.36. The molecule has 0 aliphatic heterocycles. The van der Waals surface area contributed by atoms with Gasteiger partial charge in [-0.1, -0.05) is 18.2 Å². The minimum Gasteiger partial charge on any atom is -0.496 e. The zero-order chi connectivity index (χ0) is 13.4. The largest absolute Gasteiger partial charge is 0.496 e. The van der Waals surface area contributed by atoms with E-state index in [4.69, 9.17) is 4.74 Å². The molecule has 108 valence electrons. The normalized spacial score (nSPS) is 10.6. The maximum absolute atomic E-state index is 5.36. The molecule has 1 rings (SSSR count). The van der Waals surface area contributed by atoms with Gasteiger partial charge in [-0.05, 0) is 19.9 Å². The molecular weight excluding hydrogens is 353 g/mol. The van der Waals surface area contributed by atoms with E-state index in [9.17, 15) is 0 Å². The van der Waals surface area contributed by atoms with Crippen molar-refractivity contribution >= 4 is 29.9 Å². The van der Waals surface area contributed by atoms with Gasteiger partial charge in [-0.3, -0.25) is 4.99 Å². The summed E-state index contributed by atoms with van der Waals surface area (Å²) in [5.41, 5.74) is 1.16. The van der Waals surface area contributed by atoms with E-state index < -0.39 is 0 Å². The van der Waals surface area contributed by atoms with Gasteiger partial charge >= 0.3 is 0 Å². The molecule has 1 aromatic rings. The number of halogens is 1. The third kappa shape index (κ3) is 5.67. The summed E-state index contributed by atoms with van der Waals surface area (Å²) in [7, 11) is 3.73. The molecule has 0 aliphatic carbocycles. The Morgan fingerprint density at radius 1 is 1.32 bits per heavy atom. The van der Waals surface area contributed by atoms with E-state index in [-0.39, 0.29) is 24.0 Å². The number of benzene rings is 1. The molecule has 0 radical (unpaired) electrons. The number of aliphatic imine (C=N–C) groups is 1. The third-order valence-electron chi connectivity index (χ3n) is 2.60. The maximum Gasteiger partial charge on any atom is 0.193 e. The van der Waals surface area contributed by atoms with Crippen LogP contribution in [0.15, 0.2) is 29.3 Å². The zero-order valence-corrected chi connectivity index (χ0v) is 14.5. The summed E-state index contributed by atoms with van der Waals surface area (Å²) in [5, 5.41) is 3.28. The molecule has 0 unspecified atom stereocenters. The predicted octanol–water partition coefficient (Wildman–Crippen LogP) is 2.73. The van der Waals surface area contributed by atoms with Gasteiger partial charge in [-0.15, -0.1) is 24.0 Å². The first-order chi connectivity index (χ1) is 8.72. The number of hydrogen-bond acceptors (Lipinski definition) is 2. The summed E-state index contributed by atoms with van der Waals surface area (Å²) in [4.78, 5) is 6.56. The van der Waals surface area contributed by atoms with Crippen molar-refractivity contribution in [1.29, 1.82) is 0 Å². The first-order valence-electron chi connectivity index (χ1n) is 6.34. The minimum absolute atomic E-state index is 0. The van der Waals surface area contributed by atoms with Crippen LogP contribution in [0.3, 0.4) is 0 Å². The highest BCUT2D eigenvalue weighted by Crippen LogP contribution is 2.18. The van der Waals surface area contributed by atoms with E-state index in [2.05, 4.69) is 28.2 Å². The van der Waals surface area contributed by atoms with Gasteiger partial charge in [0.2, 0.25) is 0 Å². The van der Waals surface area contributed by atoms with Crippen LogP contribution < -0.4 is 10.1 Å². The van der Waals surface area contributed by atoms with E-state index in [1.54, 1.807) is 7.11 Å². The topological polar surface area (TPSA) is 36.9 Å². The zero-order valence-electron chi connectivity index (χ0n) is 12.1. The minimum atomic E-state index is 0. The average molecular weight is 377 g/mol. The Labute approximate surface area is 133 Å². The van der Waals surface area contributed by atoms with Gasteiger partial charge in [0.1, 0.15) is 5.75 Å². The summed E-state index contributed by atoms with van der Waals surface area (Å²) in [6.45, 7) is 6.53. The van der Waals surface area contributed by atoms with Crippen molar-refractivity contribution in [3.05, 3.63) is 29.8 Å². The Morgan fingerprint density at radius 3 is 2.58 bits per heavy atom. The first kappa shape index (κ1) is 18.0. The quantitative estimate of drug-likeness (QED) is 0.487. The molecule has 1 aromatic carbocycles. The molecule has 5 heteroatoms. The molecule has 0 atom stereocenters. The van der Waals surface area contributed by atoms with Crippen molar-refractivity contribution in [3.63, 3.8) is 0 Å². The molecular formula is C14H24IN3O. The summed E-state index contributed by atoms with van der Waals surface area (Å²) >= 11 is 0. The Bertz CT molecular complexity index is 396. The van der Waals surface area contributed by atoms with Crippen molar-refractivity contribution < 1.29 is 4.74 Å². The van der Waals surface area contributed by atoms with Crippen LogP contribution in [0, 0.1) is 0 Å². The highest BCUT2D eigenvalue weighted by Gasteiger charge is 2.08. The Kier molecular flexibility index (Phi) is 9.38. The van der Waals surface area contributed by atoms with Crippen LogP contribution >= 0.6 is 24.0 Å². The number of hydrogen-bond donors (Lipinski definition) is 1.